The van der Waals surface area contributed by atoms with E-state index in [1.165, 1.54) is 0 Å². The number of amides is 2. The van der Waals surface area contributed by atoms with Gasteiger partial charge in [-0.3, -0.25) is 4.79 Å². The molecule has 0 saturated carbocycles. The van der Waals surface area contributed by atoms with Crippen molar-refractivity contribution in [2.45, 2.75) is 26.8 Å². The van der Waals surface area contributed by atoms with Crippen LogP contribution in [0.4, 0.5) is 4.79 Å². The quantitative estimate of drug-likeness (QED) is 0.707. The lowest BCUT2D eigenvalue weighted by Gasteiger charge is -2.30. The summed E-state index contributed by atoms with van der Waals surface area (Å²) in [5.74, 6) is 1.22. The Morgan fingerprint density at radius 3 is 2.31 bits per heavy atom. The van der Waals surface area contributed by atoms with Gasteiger partial charge in [0.05, 0.1) is 6.54 Å². The monoisotopic (exact) mass is 226 g/mol. The van der Waals surface area contributed by atoms with E-state index < -0.39 is 5.97 Å². The molecule has 5 nitrogen and oxygen atoms in total. The predicted octanol–water partition coefficient (Wildman–Crippen LogP) is 0.857. The lowest BCUT2D eigenvalue weighted by Crippen LogP contribution is -2.48. The standard InChI is InChI=1S/C11H18N2O3/c1-5-7-12(8-10(14)15)11(16)13(6-2)9(3)4/h1,9H,6-8H2,2-4H3,(H,14,15). The van der Waals surface area contributed by atoms with E-state index in [0.717, 1.165) is 4.90 Å². The Kier molecular flexibility index (Phi) is 6.01. The zero-order valence-corrected chi connectivity index (χ0v) is 9.93. The number of carbonyl (C=O) groups excluding carboxylic acids is 1. The second-order valence-corrected chi connectivity index (χ2v) is 3.62. The summed E-state index contributed by atoms with van der Waals surface area (Å²) in [7, 11) is 0. The first-order valence-corrected chi connectivity index (χ1v) is 5.14. The molecule has 0 atom stereocenters. The molecule has 1 N–H and O–H groups in total. The third-order valence-electron chi connectivity index (χ3n) is 2.09. The highest BCUT2D eigenvalue weighted by Gasteiger charge is 2.22. The number of hydrogen-bond donors (Lipinski definition) is 1. The fourth-order valence-corrected chi connectivity index (χ4v) is 1.37. The van der Waals surface area contributed by atoms with Gasteiger partial charge in [0.25, 0.3) is 0 Å². The van der Waals surface area contributed by atoms with E-state index in [9.17, 15) is 9.59 Å². The zero-order chi connectivity index (χ0) is 12.7. The minimum atomic E-state index is -1.07. The normalized spacial score (nSPS) is 9.69. The lowest BCUT2D eigenvalue weighted by molar-refractivity contribution is -0.137. The molecule has 0 rings (SSSR count). The molecule has 2 amide bonds. The number of terminal acetylenes is 1. The van der Waals surface area contributed by atoms with Crippen LogP contribution in [0.3, 0.4) is 0 Å². The van der Waals surface area contributed by atoms with Gasteiger partial charge < -0.3 is 14.9 Å². The molecular formula is C11H18N2O3. The average molecular weight is 226 g/mol. The van der Waals surface area contributed by atoms with Crippen LogP contribution in [-0.2, 0) is 4.79 Å². The topological polar surface area (TPSA) is 60.9 Å². The first-order valence-electron chi connectivity index (χ1n) is 5.14. The van der Waals surface area contributed by atoms with E-state index in [1.54, 1.807) is 4.90 Å². The number of nitrogens with zero attached hydrogens (tertiary/aromatic N) is 2. The molecule has 0 aromatic carbocycles. The zero-order valence-electron chi connectivity index (χ0n) is 9.93. The number of urea groups is 1. The Morgan fingerprint density at radius 1 is 1.44 bits per heavy atom. The van der Waals surface area contributed by atoms with Crippen molar-refractivity contribution in [3.63, 3.8) is 0 Å². The van der Waals surface area contributed by atoms with Crippen molar-refractivity contribution in [2.75, 3.05) is 19.6 Å². The maximum absolute atomic E-state index is 11.9. The van der Waals surface area contributed by atoms with Crippen LogP contribution in [0.2, 0.25) is 0 Å². The Hall–Kier alpha value is -1.70. The number of rotatable bonds is 5. The summed E-state index contributed by atoms with van der Waals surface area (Å²) in [5.41, 5.74) is 0. The smallest absolute Gasteiger partial charge is 0.323 e. The molecule has 0 aromatic heterocycles. The number of carboxylic acid groups (broad SMARTS) is 1. The van der Waals surface area contributed by atoms with Crippen LogP contribution in [0.1, 0.15) is 20.8 Å². The van der Waals surface area contributed by atoms with E-state index in [2.05, 4.69) is 5.92 Å². The van der Waals surface area contributed by atoms with Crippen LogP contribution >= 0.6 is 0 Å². The summed E-state index contributed by atoms with van der Waals surface area (Å²) in [6, 6.07) is -0.315. The van der Waals surface area contributed by atoms with Crippen molar-refractivity contribution in [2.24, 2.45) is 0 Å². The first kappa shape index (κ1) is 14.3. The molecule has 0 aromatic rings. The first-order chi connectivity index (χ1) is 7.43. The van der Waals surface area contributed by atoms with Crippen molar-refractivity contribution in [1.82, 2.24) is 9.80 Å². The van der Waals surface area contributed by atoms with Gasteiger partial charge in [0.15, 0.2) is 0 Å². The van der Waals surface area contributed by atoms with Crippen molar-refractivity contribution in [3.05, 3.63) is 0 Å². The molecule has 5 heteroatoms. The van der Waals surface area contributed by atoms with E-state index >= 15 is 0 Å². The van der Waals surface area contributed by atoms with Crippen LogP contribution in [0.25, 0.3) is 0 Å². The molecule has 0 aliphatic carbocycles. The molecular weight excluding hydrogens is 208 g/mol. The molecule has 90 valence electrons. The molecule has 0 heterocycles. The number of carbonyl (C=O) groups is 2. The van der Waals surface area contributed by atoms with Gasteiger partial charge in [-0.15, -0.1) is 6.42 Å². The van der Waals surface area contributed by atoms with Crippen LogP contribution < -0.4 is 0 Å². The molecule has 0 aliphatic rings. The Labute approximate surface area is 96.0 Å². The summed E-state index contributed by atoms with van der Waals surface area (Å²) < 4.78 is 0. The third kappa shape index (κ3) is 4.22. The Morgan fingerprint density at radius 2 is 2.00 bits per heavy atom. The summed E-state index contributed by atoms with van der Waals surface area (Å²) in [4.78, 5) is 25.2. The van der Waals surface area contributed by atoms with Crippen LogP contribution in [0.15, 0.2) is 0 Å². The molecule has 0 saturated heterocycles. The molecule has 0 fully saturated rings. The molecule has 0 radical (unpaired) electrons. The molecule has 0 aliphatic heterocycles. The van der Waals surface area contributed by atoms with Crippen molar-refractivity contribution < 1.29 is 14.7 Å². The minimum Gasteiger partial charge on any atom is -0.480 e. The summed E-state index contributed by atoms with van der Waals surface area (Å²) in [6.45, 7) is 5.75. The second kappa shape index (κ2) is 6.72. The van der Waals surface area contributed by atoms with Gasteiger partial charge in [0, 0.05) is 12.6 Å². The van der Waals surface area contributed by atoms with E-state index in [1.807, 2.05) is 20.8 Å². The summed E-state index contributed by atoms with van der Waals surface area (Å²) >= 11 is 0. The van der Waals surface area contributed by atoms with Gasteiger partial charge in [0.1, 0.15) is 6.54 Å². The number of carboxylic acids is 1. The molecule has 0 bridgehead atoms. The van der Waals surface area contributed by atoms with Crippen molar-refractivity contribution >= 4 is 12.0 Å². The number of aliphatic carboxylic acids is 1. The molecule has 16 heavy (non-hydrogen) atoms. The van der Waals surface area contributed by atoms with E-state index in [4.69, 9.17) is 11.5 Å². The Bertz CT molecular complexity index is 294. The SMILES string of the molecule is C#CCN(CC(=O)O)C(=O)N(CC)C(C)C. The molecule has 0 spiro atoms. The maximum atomic E-state index is 11.9. The van der Waals surface area contributed by atoms with E-state index in [-0.39, 0.29) is 25.2 Å². The van der Waals surface area contributed by atoms with Crippen LogP contribution in [0, 0.1) is 12.3 Å². The van der Waals surface area contributed by atoms with Crippen LogP contribution in [-0.4, -0.2) is 52.6 Å². The van der Waals surface area contributed by atoms with Gasteiger partial charge in [-0.1, -0.05) is 5.92 Å². The van der Waals surface area contributed by atoms with Gasteiger partial charge >= 0.3 is 12.0 Å². The van der Waals surface area contributed by atoms with Gasteiger partial charge in [-0.2, -0.15) is 0 Å². The van der Waals surface area contributed by atoms with Gasteiger partial charge in [0.2, 0.25) is 0 Å². The third-order valence-corrected chi connectivity index (χ3v) is 2.09. The summed E-state index contributed by atoms with van der Waals surface area (Å²) in [5, 5.41) is 8.67. The largest absolute Gasteiger partial charge is 0.480 e. The maximum Gasteiger partial charge on any atom is 0.323 e. The van der Waals surface area contributed by atoms with Crippen molar-refractivity contribution in [3.8, 4) is 12.3 Å². The van der Waals surface area contributed by atoms with Gasteiger partial charge in [-0.25, -0.2) is 4.79 Å². The predicted molar refractivity (Wildman–Crippen MR) is 61.0 cm³/mol. The highest BCUT2D eigenvalue weighted by Crippen LogP contribution is 2.04. The van der Waals surface area contributed by atoms with Crippen molar-refractivity contribution in [1.29, 1.82) is 0 Å². The fourth-order valence-electron chi connectivity index (χ4n) is 1.37. The average Bonchev–Trinajstić information content (AvgIpc) is 2.16. The van der Waals surface area contributed by atoms with Gasteiger partial charge in [-0.05, 0) is 20.8 Å². The fraction of sp³-hybridized carbons (Fsp3) is 0.636. The summed E-state index contributed by atoms with van der Waals surface area (Å²) in [6.07, 6.45) is 5.11. The van der Waals surface area contributed by atoms with Crippen LogP contribution in [0.5, 0.6) is 0 Å². The second-order valence-electron chi connectivity index (χ2n) is 3.62. The van der Waals surface area contributed by atoms with E-state index in [0.29, 0.717) is 6.54 Å². The highest BCUT2D eigenvalue weighted by molar-refractivity contribution is 5.80. The molecule has 0 unspecified atom stereocenters. The Balaban J connectivity index is 4.71. The minimum absolute atomic E-state index is 0.00829. The highest BCUT2D eigenvalue weighted by atomic mass is 16.4. The number of hydrogen-bond acceptors (Lipinski definition) is 2. The lowest BCUT2D eigenvalue weighted by atomic mass is 10.3.